The summed E-state index contributed by atoms with van der Waals surface area (Å²) < 4.78 is 6.58. The van der Waals surface area contributed by atoms with Crippen LogP contribution in [-0.4, -0.2) is 49.0 Å². The van der Waals surface area contributed by atoms with Gasteiger partial charge >= 0.3 is 0 Å². The molecule has 3 nitrogen and oxygen atoms in total. The summed E-state index contributed by atoms with van der Waals surface area (Å²) >= 11 is 0. The summed E-state index contributed by atoms with van der Waals surface area (Å²) in [7, 11) is 4.26. The molecule has 0 saturated carbocycles. The average Bonchev–Trinajstić information content (AvgIpc) is 2.27. The number of hydrogen-bond donors (Lipinski definition) is 1. The Kier molecular flexibility index (Phi) is 5.39. The number of aliphatic hydroxyl groups excluding tert-OH is 1. The van der Waals surface area contributed by atoms with E-state index in [4.69, 9.17) is 4.74 Å². The number of quaternary nitrogens is 1. The first kappa shape index (κ1) is 16.0. The molecule has 0 aromatic heterocycles. The molecule has 0 saturated heterocycles. The van der Waals surface area contributed by atoms with Crippen molar-refractivity contribution in [3.05, 3.63) is 29.3 Å². The molecule has 1 atom stereocenters. The van der Waals surface area contributed by atoms with Crippen molar-refractivity contribution in [2.24, 2.45) is 0 Å². The van der Waals surface area contributed by atoms with Gasteiger partial charge in [-0.15, -0.1) is 0 Å². The van der Waals surface area contributed by atoms with E-state index in [1.807, 2.05) is 32.0 Å². The van der Waals surface area contributed by atoms with Crippen molar-refractivity contribution in [2.75, 3.05) is 27.2 Å². The van der Waals surface area contributed by atoms with Crippen LogP contribution in [0.2, 0.25) is 0 Å². The summed E-state index contributed by atoms with van der Waals surface area (Å²) in [5, 5.41) is 10.1. The van der Waals surface area contributed by atoms with Gasteiger partial charge in [-0.05, 0) is 38.8 Å². The number of rotatable bonds is 6. The Morgan fingerprint density at radius 1 is 1.16 bits per heavy atom. The normalized spacial score (nSPS) is 13.7. The minimum atomic E-state index is -0.448. The van der Waals surface area contributed by atoms with E-state index in [1.165, 1.54) is 0 Å². The zero-order valence-electron chi connectivity index (χ0n) is 13.1. The van der Waals surface area contributed by atoms with Gasteiger partial charge in [-0.2, -0.15) is 0 Å². The number of aryl methyl sites for hydroxylation is 2. The second kappa shape index (κ2) is 6.40. The topological polar surface area (TPSA) is 29.5 Å². The number of nitrogens with zero attached hydrogens (tertiary/aromatic N) is 1. The number of likely N-dealkylation sites (N-methyl/N-ethyl adjacent to an activating group) is 1. The molecule has 108 valence electrons. The van der Waals surface area contributed by atoms with Crippen molar-refractivity contribution >= 4 is 0 Å². The molecule has 0 aliphatic carbocycles. The maximum Gasteiger partial charge on any atom is 0.137 e. The largest absolute Gasteiger partial charge is 0.490 e. The molecule has 3 heteroatoms. The number of aliphatic hydroxyl groups is 1. The monoisotopic (exact) mass is 266 g/mol. The van der Waals surface area contributed by atoms with Gasteiger partial charge in [0.15, 0.2) is 0 Å². The Balaban J connectivity index is 2.58. The fraction of sp³-hybridized carbons (Fsp3) is 0.625. The first-order chi connectivity index (χ1) is 8.74. The van der Waals surface area contributed by atoms with Crippen molar-refractivity contribution in [3.63, 3.8) is 0 Å². The Hall–Kier alpha value is -1.06. The van der Waals surface area contributed by atoms with Crippen LogP contribution in [0, 0.1) is 13.8 Å². The molecule has 0 spiro atoms. The molecule has 1 aromatic carbocycles. The lowest BCUT2D eigenvalue weighted by Gasteiger charge is -2.35. The minimum Gasteiger partial charge on any atom is -0.490 e. The van der Waals surface area contributed by atoms with Crippen molar-refractivity contribution in [3.8, 4) is 5.75 Å². The van der Waals surface area contributed by atoms with Gasteiger partial charge in [0.1, 0.15) is 25.0 Å². The van der Waals surface area contributed by atoms with Crippen molar-refractivity contribution in [2.45, 2.75) is 39.8 Å². The molecule has 0 radical (unpaired) electrons. The molecule has 1 aromatic rings. The Labute approximate surface area is 117 Å². The highest BCUT2D eigenvalue weighted by Gasteiger charge is 2.24. The van der Waals surface area contributed by atoms with Crippen molar-refractivity contribution in [1.82, 2.24) is 0 Å². The van der Waals surface area contributed by atoms with Crippen molar-refractivity contribution in [1.29, 1.82) is 0 Å². The zero-order valence-corrected chi connectivity index (χ0v) is 13.1. The molecule has 0 aliphatic heterocycles. The standard InChI is InChI=1S/C16H28NO2/c1-12(2)17(5,6)10-15(18)11-19-16-13(3)8-7-9-14(16)4/h7-9,12,15,18H,10-11H2,1-6H3/q+1. The summed E-state index contributed by atoms with van der Waals surface area (Å²) in [5.74, 6) is 0.899. The molecule has 0 amide bonds. The predicted octanol–water partition coefficient (Wildman–Crippen LogP) is 2.53. The Morgan fingerprint density at radius 2 is 1.68 bits per heavy atom. The van der Waals surface area contributed by atoms with Gasteiger partial charge in [0, 0.05) is 0 Å². The summed E-state index contributed by atoms with van der Waals surface area (Å²) in [5.41, 5.74) is 2.23. The second-order valence-electron chi connectivity index (χ2n) is 6.24. The molecule has 0 heterocycles. The quantitative estimate of drug-likeness (QED) is 0.802. The van der Waals surface area contributed by atoms with Gasteiger partial charge in [-0.3, -0.25) is 0 Å². The molecule has 0 aliphatic rings. The van der Waals surface area contributed by atoms with Crippen LogP contribution in [0.4, 0.5) is 0 Å². The molecule has 1 rings (SSSR count). The number of hydrogen-bond acceptors (Lipinski definition) is 2. The summed E-state index contributed by atoms with van der Waals surface area (Å²) in [6, 6.07) is 6.56. The van der Waals surface area contributed by atoms with Gasteiger partial charge in [0.2, 0.25) is 0 Å². The third-order valence-electron chi connectivity index (χ3n) is 3.91. The van der Waals surface area contributed by atoms with Crippen LogP contribution in [0.3, 0.4) is 0 Å². The molecule has 1 unspecified atom stereocenters. The van der Waals surface area contributed by atoms with Crippen LogP contribution in [0.5, 0.6) is 5.75 Å². The van der Waals surface area contributed by atoms with Gasteiger partial charge in [0.05, 0.1) is 20.1 Å². The fourth-order valence-electron chi connectivity index (χ4n) is 2.01. The summed E-state index contributed by atoms with van der Waals surface area (Å²) in [6.45, 7) is 9.44. The van der Waals surface area contributed by atoms with Crippen LogP contribution in [-0.2, 0) is 0 Å². The third-order valence-corrected chi connectivity index (χ3v) is 3.91. The van der Waals surface area contributed by atoms with Gasteiger partial charge < -0.3 is 14.3 Å². The van der Waals surface area contributed by atoms with E-state index in [9.17, 15) is 5.11 Å². The minimum absolute atomic E-state index is 0.347. The number of benzene rings is 1. The molecule has 0 fully saturated rings. The molecular formula is C16H28NO2+. The van der Waals surface area contributed by atoms with Gasteiger partial charge in [-0.25, -0.2) is 0 Å². The van der Waals surface area contributed by atoms with E-state index < -0.39 is 6.10 Å². The first-order valence-electron chi connectivity index (χ1n) is 6.94. The number of ether oxygens (including phenoxy) is 1. The maximum atomic E-state index is 10.1. The highest BCUT2D eigenvalue weighted by molar-refractivity contribution is 5.39. The first-order valence-corrected chi connectivity index (χ1v) is 6.94. The van der Waals surface area contributed by atoms with Crippen molar-refractivity contribution < 1.29 is 14.3 Å². The third kappa shape index (κ3) is 4.51. The van der Waals surface area contributed by atoms with E-state index in [0.717, 1.165) is 21.4 Å². The molecule has 0 bridgehead atoms. The molecule has 19 heavy (non-hydrogen) atoms. The van der Waals surface area contributed by atoms with E-state index in [0.29, 0.717) is 19.2 Å². The highest BCUT2D eigenvalue weighted by Crippen LogP contribution is 2.22. The number of para-hydroxylation sites is 1. The van der Waals surface area contributed by atoms with E-state index in [-0.39, 0.29) is 0 Å². The fourth-order valence-corrected chi connectivity index (χ4v) is 2.01. The molecule has 1 N–H and O–H groups in total. The van der Waals surface area contributed by atoms with E-state index in [2.05, 4.69) is 27.9 Å². The van der Waals surface area contributed by atoms with E-state index in [1.54, 1.807) is 0 Å². The predicted molar refractivity (Wildman–Crippen MR) is 79.5 cm³/mol. The highest BCUT2D eigenvalue weighted by atomic mass is 16.5. The maximum absolute atomic E-state index is 10.1. The van der Waals surface area contributed by atoms with Crippen LogP contribution in [0.25, 0.3) is 0 Å². The lowest BCUT2D eigenvalue weighted by atomic mass is 10.1. The van der Waals surface area contributed by atoms with Crippen LogP contribution < -0.4 is 4.74 Å². The zero-order chi connectivity index (χ0) is 14.6. The van der Waals surface area contributed by atoms with Crippen LogP contribution >= 0.6 is 0 Å². The Bertz CT molecular complexity index is 393. The average molecular weight is 266 g/mol. The summed E-state index contributed by atoms with van der Waals surface area (Å²) in [6.07, 6.45) is -0.448. The van der Waals surface area contributed by atoms with Crippen LogP contribution in [0.15, 0.2) is 18.2 Å². The lowest BCUT2D eigenvalue weighted by molar-refractivity contribution is -0.914. The van der Waals surface area contributed by atoms with E-state index >= 15 is 0 Å². The smallest absolute Gasteiger partial charge is 0.137 e. The van der Waals surface area contributed by atoms with Crippen LogP contribution in [0.1, 0.15) is 25.0 Å². The Morgan fingerprint density at radius 3 is 2.16 bits per heavy atom. The molecular weight excluding hydrogens is 238 g/mol. The SMILES string of the molecule is Cc1cccc(C)c1OCC(O)C[N+](C)(C)C(C)C. The van der Waals surface area contributed by atoms with Gasteiger partial charge in [-0.1, -0.05) is 18.2 Å². The second-order valence-corrected chi connectivity index (χ2v) is 6.24. The van der Waals surface area contributed by atoms with Gasteiger partial charge in [0.25, 0.3) is 0 Å². The lowest BCUT2D eigenvalue weighted by Crippen LogP contribution is -2.51. The summed E-state index contributed by atoms with van der Waals surface area (Å²) in [4.78, 5) is 0.